The molecule has 0 bridgehead atoms. The number of hydrogen-bond acceptors (Lipinski definition) is 7. The lowest BCUT2D eigenvalue weighted by atomic mass is 10.0. The molecular weight excluding hydrogens is 314 g/mol. The molecule has 0 unspecified atom stereocenters. The fourth-order valence-electron chi connectivity index (χ4n) is 2.40. The number of phenolic OH excluding ortho intramolecular Hbond substituents is 3. The molecule has 2 rings (SSSR count). The van der Waals surface area contributed by atoms with Crippen molar-refractivity contribution in [2.24, 2.45) is 0 Å². The maximum Gasteiger partial charge on any atom is 0.292 e. The van der Waals surface area contributed by atoms with Gasteiger partial charge in [-0.1, -0.05) is 18.2 Å². The molecule has 0 saturated heterocycles. The minimum absolute atomic E-state index is 0.0601. The van der Waals surface area contributed by atoms with Crippen LogP contribution in [0.3, 0.4) is 0 Å². The SMILES string of the molecule is Oc1ccc(C[C@H](NCCc2c(O)cccc2O)C(O)(O)O)cc1. The van der Waals surface area contributed by atoms with E-state index < -0.39 is 12.0 Å². The lowest BCUT2D eigenvalue weighted by Gasteiger charge is -2.27. The molecule has 0 aliphatic carbocycles. The highest BCUT2D eigenvalue weighted by Gasteiger charge is 2.31. The summed E-state index contributed by atoms with van der Waals surface area (Å²) in [5.74, 6) is -2.98. The van der Waals surface area contributed by atoms with Gasteiger partial charge in [0.25, 0.3) is 5.97 Å². The highest BCUT2D eigenvalue weighted by molar-refractivity contribution is 5.43. The van der Waals surface area contributed by atoms with Crippen LogP contribution in [0.4, 0.5) is 0 Å². The standard InChI is InChI=1S/C17H21NO6/c19-12-6-4-11(5-7-12)10-16(17(22,23)24)18-9-8-13-14(20)2-1-3-15(13)21/h1-7,16,18-24H,8-10H2/t16-/m0/s1. The Labute approximate surface area is 139 Å². The average Bonchev–Trinajstić information content (AvgIpc) is 2.50. The summed E-state index contributed by atoms with van der Waals surface area (Å²) >= 11 is 0. The summed E-state index contributed by atoms with van der Waals surface area (Å²) in [7, 11) is 0. The van der Waals surface area contributed by atoms with Crippen LogP contribution >= 0.6 is 0 Å². The Bertz CT molecular complexity index is 646. The van der Waals surface area contributed by atoms with Crippen LogP contribution in [0.25, 0.3) is 0 Å². The monoisotopic (exact) mass is 335 g/mol. The predicted molar refractivity (Wildman–Crippen MR) is 86.5 cm³/mol. The van der Waals surface area contributed by atoms with Crippen molar-refractivity contribution in [3.8, 4) is 17.2 Å². The van der Waals surface area contributed by atoms with Crippen LogP contribution < -0.4 is 5.32 Å². The van der Waals surface area contributed by atoms with Crippen molar-refractivity contribution in [2.75, 3.05) is 6.54 Å². The van der Waals surface area contributed by atoms with Crippen molar-refractivity contribution >= 4 is 0 Å². The minimum atomic E-state index is -2.95. The zero-order valence-electron chi connectivity index (χ0n) is 12.9. The van der Waals surface area contributed by atoms with Crippen molar-refractivity contribution in [3.05, 3.63) is 53.6 Å². The van der Waals surface area contributed by atoms with Crippen LogP contribution in [0.15, 0.2) is 42.5 Å². The van der Waals surface area contributed by atoms with Crippen molar-refractivity contribution in [3.63, 3.8) is 0 Å². The van der Waals surface area contributed by atoms with Gasteiger partial charge in [-0.05, 0) is 42.7 Å². The molecule has 7 N–H and O–H groups in total. The van der Waals surface area contributed by atoms with Gasteiger partial charge in [-0.2, -0.15) is 0 Å². The normalized spacial score (nSPS) is 13.0. The minimum Gasteiger partial charge on any atom is -0.508 e. The highest BCUT2D eigenvalue weighted by atomic mass is 16.7. The molecule has 0 saturated carbocycles. The lowest BCUT2D eigenvalue weighted by molar-refractivity contribution is -0.327. The molecule has 0 aliphatic rings. The summed E-state index contributed by atoms with van der Waals surface area (Å²) in [6, 6.07) is 9.41. The number of nitrogens with one attached hydrogen (secondary N) is 1. The molecule has 0 aliphatic heterocycles. The van der Waals surface area contributed by atoms with Gasteiger partial charge in [0.2, 0.25) is 0 Å². The number of aliphatic hydroxyl groups is 3. The Morgan fingerprint density at radius 2 is 1.46 bits per heavy atom. The van der Waals surface area contributed by atoms with E-state index in [1.165, 1.54) is 30.3 Å². The average molecular weight is 335 g/mol. The summed E-state index contributed by atoms with van der Waals surface area (Å²) in [6.07, 6.45) is 0.317. The van der Waals surface area contributed by atoms with E-state index in [-0.39, 0.29) is 36.6 Å². The first-order chi connectivity index (χ1) is 11.3. The molecule has 130 valence electrons. The van der Waals surface area contributed by atoms with E-state index in [1.54, 1.807) is 12.1 Å². The van der Waals surface area contributed by atoms with Gasteiger partial charge < -0.3 is 36.0 Å². The summed E-state index contributed by atoms with van der Waals surface area (Å²) in [6.45, 7) is 0.178. The predicted octanol–water partition coefficient (Wildman–Crippen LogP) is 0.177. The molecule has 0 aromatic heterocycles. The molecule has 0 radical (unpaired) electrons. The topological polar surface area (TPSA) is 133 Å². The van der Waals surface area contributed by atoms with E-state index in [4.69, 9.17) is 0 Å². The number of benzene rings is 2. The van der Waals surface area contributed by atoms with E-state index in [2.05, 4.69) is 5.32 Å². The van der Waals surface area contributed by atoms with E-state index in [0.717, 1.165) is 0 Å². The molecule has 0 spiro atoms. The number of phenols is 3. The van der Waals surface area contributed by atoms with Gasteiger partial charge in [-0.3, -0.25) is 0 Å². The van der Waals surface area contributed by atoms with Gasteiger partial charge >= 0.3 is 0 Å². The Balaban J connectivity index is 2.00. The Hall–Kier alpha value is -2.32. The van der Waals surface area contributed by atoms with E-state index in [0.29, 0.717) is 11.1 Å². The Kier molecular flexibility index (Phi) is 5.63. The third kappa shape index (κ3) is 4.84. The van der Waals surface area contributed by atoms with Crippen LogP contribution in [0, 0.1) is 0 Å². The van der Waals surface area contributed by atoms with Gasteiger partial charge in [0.1, 0.15) is 17.2 Å². The maximum atomic E-state index is 9.72. The second-order valence-electron chi connectivity index (χ2n) is 5.59. The molecule has 2 aromatic carbocycles. The van der Waals surface area contributed by atoms with Crippen molar-refractivity contribution in [1.82, 2.24) is 5.32 Å². The van der Waals surface area contributed by atoms with Crippen molar-refractivity contribution in [2.45, 2.75) is 24.9 Å². The number of rotatable bonds is 7. The van der Waals surface area contributed by atoms with Crippen molar-refractivity contribution < 1.29 is 30.6 Å². The summed E-state index contributed by atoms with van der Waals surface area (Å²) < 4.78 is 0. The van der Waals surface area contributed by atoms with Crippen LogP contribution in [0.5, 0.6) is 17.2 Å². The Morgan fingerprint density at radius 1 is 0.875 bits per heavy atom. The lowest BCUT2D eigenvalue weighted by Crippen LogP contribution is -2.52. The smallest absolute Gasteiger partial charge is 0.292 e. The number of aromatic hydroxyl groups is 3. The molecule has 0 amide bonds. The first-order valence-corrected chi connectivity index (χ1v) is 7.45. The molecular formula is C17H21NO6. The molecule has 0 fully saturated rings. The third-order valence-electron chi connectivity index (χ3n) is 3.74. The largest absolute Gasteiger partial charge is 0.508 e. The fraction of sp³-hybridized carbons (Fsp3) is 0.294. The van der Waals surface area contributed by atoms with Crippen LogP contribution in [-0.4, -0.2) is 49.2 Å². The Morgan fingerprint density at radius 3 is 2.00 bits per heavy atom. The van der Waals surface area contributed by atoms with Crippen molar-refractivity contribution in [1.29, 1.82) is 0 Å². The molecule has 7 heteroatoms. The van der Waals surface area contributed by atoms with Gasteiger partial charge in [0.05, 0.1) is 6.04 Å². The van der Waals surface area contributed by atoms with Crippen LogP contribution in [0.2, 0.25) is 0 Å². The van der Waals surface area contributed by atoms with E-state index in [9.17, 15) is 30.6 Å². The zero-order valence-corrected chi connectivity index (χ0v) is 12.9. The van der Waals surface area contributed by atoms with E-state index >= 15 is 0 Å². The first kappa shape index (κ1) is 18.0. The maximum absolute atomic E-state index is 9.72. The van der Waals surface area contributed by atoms with Gasteiger partial charge in [0, 0.05) is 12.1 Å². The summed E-state index contributed by atoms with van der Waals surface area (Å²) in [5.41, 5.74) is 1.00. The molecule has 1 atom stereocenters. The fourth-order valence-corrected chi connectivity index (χ4v) is 2.40. The second-order valence-corrected chi connectivity index (χ2v) is 5.59. The zero-order chi connectivity index (χ0) is 17.7. The molecule has 0 heterocycles. The molecule has 24 heavy (non-hydrogen) atoms. The highest BCUT2D eigenvalue weighted by Crippen LogP contribution is 2.26. The second kappa shape index (κ2) is 7.50. The molecule has 2 aromatic rings. The van der Waals surface area contributed by atoms with E-state index in [1.807, 2.05) is 0 Å². The first-order valence-electron chi connectivity index (χ1n) is 7.45. The van der Waals surface area contributed by atoms with Gasteiger partial charge in [0.15, 0.2) is 0 Å². The third-order valence-corrected chi connectivity index (χ3v) is 3.74. The summed E-state index contributed by atoms with van der Waals surface area (Å²) in [5, 5.41) is 60.0. The van der Waals surface area contributed by atoms with Crippen LogP contribution in [0.1, 0.15) is 11.1 Å². The quantitative estimate of drug-likeness (QED) is 0.359. The van der Waals surface area contributed by atoms with Crippen LogP contribution in [-0.2, 0) is 12.8 Å². The summed E-state index contributed by atoms with van der Waals surface area (Å²) in [4.78, 5) is 0. The molecule has 7 nitrogen and oxygen atoms in total. The van der Waals surface area contributed by atoms with Gasteiger partial charge in [-0.15, -0.1) is 0 Å². The number of hydrogen-bond donors (Lipinski definition) is 7. The van der Waals surface area contributed by atoms with Gasteiger partial charge in [-0.25, -0.2) is 0 Å².